The highest BCUT2D eigenvalue weighted by molar-refractivity contribution is 7.81. The Morgan fingerprint density at radius 1 is 0.846 bits per heavy atom. The second kappa shape index (κ2) is 8.32. The van der Waals surface area contributed by atoms with E-state index < -0.39 is 43.5 Å². The lowest BCUT2D eigenvalue weighted by atomic mass is 10.1. The van der Waals surface area contributed by atoms with Crippen molar-refractivity contribution in [3.05, 3.63) is 22.2 Å². The standard InChI is InChI=1S/C14H18Cl2N2O6S2/c1-13(2,25(21)22)11(19)17-9-5-7(15)8(16)6-10(9)18-12(20)14(3,4)26(23)24/h5-6H,1-4H3,(H,17,19)(H,18,20)(H,21,22)(H,23,24)/p-2. The van der Waals surface area contributed by atoms with Crippen LogP contribution in [0, 0.1) is 0 Å². The van der Waals surface area contributed by atoms with Gasteiger partial charge in [0, 0.05) is 0 Å². The van der Waals surface area contributed by atoms with Crippen molar-refractivity contribution in [1.29, 1.82) is 0 Å². The van der Waals surface area contributed by atoms with Crippen LogP contribution in [0.3, 0.4) is 0 Å². The van der Waals surface area contributed by atoms with Crippen molar-refractivity contribution in [2.24, 2.45) is 0 Å². The zero-order valence-electron chi connectivity index (χ0n) is 14.2. The summed E-state index contributed by atoms with van der Waals surface area (Å²) in [7, 11) is 0. The minimum absolute atomic E-state index is 0.0349. The first kappa shape index (κ1) is 23.0. The van der Waals surface area contributed by atoms with Gasteiger partial charge in [-0.1, -0.05) is 23.2 Å². The van der Waals surface area contributed by atoms with Gasteiger partial charge in [-0.2, -0.15) is 0 Å². The van der Waals surface area contributed by atoms with Gasteiger partial charge in [0.15, 0.2) is 0 Å². The fraction of sp³-hybridized carbons (Fsp3) is 0.429. The molecule has 12 heteroatoms. The number of carbonyl (C=O) groups excluding carboxylic acids is 2. The van der Waals surface area contributed by atoms with Crippen LogP contribution in [0.25, 0.3) is 0 Å². The fourth-order valence-electron chi connectivity index (χ4n) is 1.45. The van der Waals surface area contributed by atoms with Gasteiger partial charge in [0.05, 0.1) is 21.4 Å². The second-order valence-electron chi connectivity index (χ2n) is 6.21. The summed E-state index contributed by atoms with van der Waals surface area (Å²) in [6.45, 7) is 4.74. The first-order valence-corrected chi connectivity index (χ1v) is 9.92. The number of hydrogen-bond acceptors (Lipinski definition) is 6. The van der Waals surface area contributed by atoms with E-state index in [1.165, 1.54) is 39.8 Å². The maximum absolute atomic E-state index is 12.2. The normalized spacial score (nSPS) is 14.5. The number of carbonyl (C=O) groups is 2. The van der Waals surface area contributed by atoms with Crippen molar-refractivity contribution < 1.29 is 27.1 Å². The SMILES string of the molecule is CC(C)(C(=O)Nc1cc(Cl)c(Cl)cc1NC(=O)C(C)(C)S(=O)[O-])S(=O)[O-]. The summed E-state index contributed by atoms with van der Waals surface area (Å²) in [5.41, 5.74) is -0.0764. The fourth-order valence-corrected chi connectivity index (χ4v) is 2.18. The van der Waals surface area contributed by atoms with Crippen LogP contribution in [-0.4, -0.2) is 38.8 Å². The van der Waals surface area contributed by atoms with Gasteiger partial charge in [-0.05, 0) is 62.0 Å². The molecule has 1 aromatic rings. The molecule has 0 saturated carbocycles. The lowest BCUT2D eigenvalue weighted by Gasteiger charge is -2.28. The summed E-state index contributed by atoms with van der Waals surface area (Å²) in [6, 6.07) is 2.42. The molecular formula is C14H16Cl2N2O6S2-2. The number of anilines is 2. The Kier molecular flexibility index (Phi) is 7.36. The molecule has 0 saturated heterocycles. The van der Waals surface area contributed by atoms with Gasteiger partial charge in [0.2, 0.25) is 11.8 Å². The Balaban J connectivity index is 3.28. The van der Waals surface area contributed by atoms with Crippen molar-refractivity contribution in [2.75, 3.05) is 10.6 Å². The first-order chi connectivity index (χ1) is 11.7. The Morgan fingerprint density at radius 2 is 1.12 bits per heavy atom. The van der Waals surface area contributed by atoms with Gasteiger partial charge >= 0.3 is 0 Å². The molecule has 1 rings (SSSR count). The minimum atomic E-state index is -2.72. The summed E-state index contributed by atoms with van der Waals surface area (Å²) in [5.74, 6) is -1.77. The molecule has 26 heavy (non-hydrogen) atoms. The maximum Gasteiger partial charge on any atom is 0.241 e. The first-order valence-electron chi connectivity index (χ1n) is 7.02. The molecule has 0 radical (unpaired) electrons. The van der Waals surface area contributed by atoms with Crippen molar-refractivity contribution in [2.45, 2.75) is 37.2 Å². The summed E-state index contributed by atoms with van der Waals surface area (Å²) in [5, 5.41) is 4.75. The molecule has 0 aliphatic carbocycles. The predicted molar refractivity (Wildman–Crippen MR) is 99.7 cm³/mol. The zero-order chi connectivity index (χ0) is 20.4. The molecule has 1 aromatic carbocycles. The van der Waals surface area contributed by atoms with Gasteiger partial charge < -0.3 is 19.7 Å². The monoisotopic (exact) mass is 442 g/mol. The molecule has 2 unspecified atom stereocenters. The predicted octanol–water partition coefficient (Wildman–Crippen LogP) is 2.19. The summed E-state index contributed by atoms with van der Waals surface area (Å²) in [4.78, 5) is 24.4. The summed E-state index contributed by atoms with van der Waals surface area (Å²) < 4.78 is 41.3. The van der Waals surface area contributed by atoms with E-state index in [2.05, 4.69) is 10.6 Å². The van der Waals surface area contributed by atoms with E-state index in [1.54, 1.807) is 0 Å². The van der Waals surface area contributed by atoms with Crippen LogP contribution in [0.15, 0.2) is 12.1 Å². The Morgan fingerprint density at radius 3 is 1.35 bits per heavy atom. The average Bonchev–Trinajstić information content (AvgIpc) is 2.51. The summed E-state index contributed by atoms with van der Waals surface area (Å²) >= 11 is 6.38. The van der Waals surface area contributed by atoms with Gasteiger partial charge in [0.25, 0.3) is 0 Å². The highest BCUT2D eigenvalue weighted by atomic mass is 35.5. The molecule has 2 amide bonds. The molecule has 0 heterocycles. The lowest BCUT2D eigenvalue weighted by Crippen LogP contribution is -2.42. The molecule has 0 spiro atoms. The van der Waals surface area contributed by atoms with Crippen LogP contribution < -0.4 is 10.6 Å². The minimum Gasteiger partial charge on any atom is -0.772 e. The van der Waals surface area contributed by atoms with Crippen LogP contribution in [0.2, 0.25) is 10.0 Å². The molecule has 2 atom stereocenters. The molecule has 0 aliphatic heterocycles. The molecule has 146 valence electrons. The zero-order valence-corrected chi connectivity index (χ0v) is 17.3. The third kappa shape index (κ3) is 5.02. The van der Waals surface area contributed by atoms with E-state index in [0.29, 0.717) is 0 Å². The molecule has 0 aliphatic rings. The average molecular weight is 443 g/mol. The molecular weight excluding hydrogens is 427 g/mol. The smallest absolute Gasteiger partial charge is 0.241 e. The van der Waals surface area contributed by atoms with Crippen LogP contribution in [0.4, 0.5) is 11.4 Å². The highest BCUT2D eigenvalue weighted by Gasteiger charge is 2.32. The number of benzene rings is 1. The maximum atomic E-state index is 12.2. The molecule has 0 fully saturated rings. The number of halogens is 2. The van der Waals surface area contributed by atoms with Crippen LogP contribution >= 0.6 is 23.2 Å². The summed E-state index contributed by atoms with van der Waals surface area (Å²) in [6.07, 6.45) is 0. The van der Waals surface area contributed by atoms with E-state index in [0.717, 1.165) is 0 Å². The number of rotatable bonds is 6. The topological polar surface area (TPSA) is 138 Å². The van der Waals surface area contributed by atoms with Crippen LogP contribution in [0.1, 0.15) is 27.7 Å². The Bertz CT molecular complexity index is 733. The lowest BCUT2D eigenvalue weighted by molar-refractivity contribution is -0.118. The second-order valence-corrected chi connectivity index (χ2v) is 10.0. The number of hydrogen-bond donors (Lipinski definition) is 2. The molecule has 8 nitrogen and oxygen atoms in total. The Labute approximate surface area is 165 Å². The molecule has 2 N–H and O–H groups in total. The third-order valence-electron chi connectivity index (χ3n) is 3.48. The van der Waals surface area contributed by atoms with Crippen molar-refractivity contribution in [3.8, 4) is 0 Å². The van der Waals surface area contributed by atoms with Crippen molar-refractivity contribution in [3.63, 3.8) is 0 Å². The number of nitrogens with one attached hydrogen (secondary N) is 2. The van der Waals surface area contributed by atoms with E-state index in [9.17, 15) is 27.1 Å². The van der Waals surface area contributed by atoms with Gasteiger partial charge in [-0.15, -0.1) is 0 Å². The van der Waals surface area contributed by atoms with Gasteiger partial charge in [-0.3, -0.25) is 18.0 Å². The van der Waals surface area contributed by atoms with E-state index in [4.69, 9.17) is 23.2 Å². The van der Waals surface area contributed by atoms with E-state index >= 15 is 0 Å². The van der Waals surface area contributed by atoms with E-state index in [1.807, 2.05) is 0 Å². The number of amides is 2. The molecule has 0 aromatic heterocycles. The van der Waals surface area contributed by atoms with Crippen molar-refractivity contribution >= 4 is 68.6 Å². The Hall–Kier alpha value is -1.04. The van der Waals surface area contributed by atoms with Crippen LogP contribution in [0.5, 0.6) is 0 Å². The van der Waals surface area contributed by atoms with Gasteiger partial charge in [-0.25, -0.2) is 0 Å². The van der Waals surface area contributed by atoms with Crippen molar-refractivity contribution in [1.82, 2.24) is 0 Å². The van der Waals surface area contributed by atoms with Gasteiger partial charge in [0.1, 0.15) is 9.49 Å². The van der Waals surface area contributed by atoms with Crippen LogP contribution in [-0.2, 0) is 31.7 Å². The third-order valence-corrected chi connectivity index (χ3v) is 6.24. The van der Waals surface area contributed by atoms with E-state index in [-0.39, 0.29) is 21.4 Å². The largest absolute Gasteiger partial charge is 0.772 e. The molecule has 0 bridgehead atoms. The quantitative estimate of drug-likeness (QED) is 0.647. The highest BCUT2D eigenvalue weighted by Crippen LogP contribution is 2.34.